The van der Waals surface area contributed by atoms with Crippen molar-refractivity contribution >= 4 is 23.0 Å². The summed E-state index contributed by atoms with van der Waals surface area (Å²) in [6, 6.07) is 0.123. The van der Waals surface area contributed by atoms with E-state index in [0.29, 0.717) is 6.42 Å². The fraction of sp³-hybridized carbons (Fsp3) is 0.600. The molecule has 0 spiro atoms. The molecule has 0 saturated carbocycles. The van der Waals surface area contributed by atoms with Gasteiger partial charge in [-0.15, -0.1) is 0 Å². The van der Waals surface area contributed by atoms with E-state index in [1.807, 2.05) is 6.92 Å². The van der Waals surface area contributed by atoms with Crippen LogP contribution < -0.4 is 5.32 Å². The fourth-order valence-electron chi connectivity index (χ4n) is 0.684. The second-order valence-corrected chi connectivity index (χ2v) is 2.46. The molecule has 1 unspecified atom stereocenters. The number of carbonyl (C=O) groups is 1. The van der Waals surface area contributed by atoms with E-state index in [9.17, 15) is 4.79 Å². The smallest absolute Gasteiger partial charge is 0.225 e. The zero-order chi connectivity index (χ0) is 6.15. The van der Waals surface area contributed by atoms with Crippen molar-refractivity contribution in [1.29, 1.82) is 0 Å². The molecule has 2 nitrogen and oxygen atoms in total. The van der Waals surface area contributed by atoms with Crippen molar-refractivity contribution in [2.45, 2.75) is 19.4 Å². The Morgan fingerprint density at radius 3 is 2.62 bits per heavy atom. The highest BCUT2D eigenvalue weighted by atomic mass is 32.1. The Bertz CT molecular complexity index is 143. The number of hydrogen-bond acceptors (Lipinski definition) is 2. The highest BCUT2D eigenvalue weighted by Gasteiger charge is 2.21. The summed E-state index contributed by atoms with van der Waals surface area (Å²) in [6.07, 6.45) is 0.441. The van der Waals surface area contributed by atoms with Crippen LogP contribution >= 0.6 is 12.2 Å². The predicted octanol–water partition coefficient (Wildman–Crippen LogP) is 0.265. The molecular formula is C5H7NOS. The molecular weight excluding hydrogens is 122 g/mol. The summed E-state index contributed by atoms with van der Waals surface area (Å²) in [5.74, 6) is 0.0579. The van der Waals surface area contributed by atoms with Gasteiger partial charge in [-0.05, 0) is 6.92 Å². The van der Waals surface area contributed by atoms with Crippen molar-refractivity contribution in [2.75, 3.05) is 0 Å². The van der Waals surface area contributed by atoms with E-state index in [4.69, 9.17) is 12.2 Å². The minimum Gasteiger partial charge on any atom is -0.349 e. The Hall–Kier alpha value is -0.440. The van der Waals surface area contributed by atoms with E-state index < -0.39 is 0 Å². The Morgan fingerprint density at radius 1 is 1.88 bits per heavy atom. The quantitative estimate of drug-likeness (QED) is 0.475. The van der Waals surface area contributed by atoms with Crippen molar-refractivity contribution in [2.24, 2.45) is 0 Å². The van der Waals surface area contributed by atoms with Crippen molar-refractivity contribution < 1.29 is 4.79 Å². The molecule has 0 radical (unpaired) electrons. The number of nitrogens with one attached hydrogen (secondary N) is 1. The molecule has 1 atom stereocenters. The minimum absolute atomic E-state index is 0.0579. The van der Waals surface area contributed by atoms with Gasteiger partial charge in [-0.2, -0.15) is 0 Å². The van der Waals surface area contributed by atoms with Crippen LogP contribution in [0.25, 0.3) is 0 Å². The van der Waals surface area contributed by atoms with Crippen LogP contribution in [0.4, 0.5) is 0 Å². The van der Waals surface area contributed by atoms with Crippen LogP contribution in [0.15, 0.2) is 0 Å². The van der Waals surface area contributed by atoms with Gasteiger partial charge in [0.25, 0.3) is 0 Å². The Kier molecular flexibility index (Phi) is 1.29. The molecule has 0 bridgehead atoms. The van der Waals surface area contributed by atoms with Gasteiger partial charge in [-0.3, -0.25) is 4.79 Å². The lowest BCUT2D eigenvalue weighted by atomic mass is 10.2. The third kappa shape index (κ3) is 0.865. The van der Waals surface area contributed by atoms with Gasteiger partial charge in [-0.25, -0.2) is 0 Å². The van der Waals surface area contributed by atoms with E-state index in [2.05, 4.69) is 5.32 Å². The maximum Gasteiger partial charge on any atom is 0.225 e. The summed E-state index contributed by atoms with van der Waals surface area (Å²) >= 11 is 4.84. The normalized spacial score (nSPS) is 28.4. The number of amides is 1. The molecule has 1 saturated heterocycles. The van der Waals surface area contributed by atoms with E-state index in [1.54, 1.807) is 0 Å². The number of hydrogen-bond donors (Lipinski definition) is 1. The standard InChI is InChI=1S/C5H7NOS/c1-3-4(8)2-5(7)6-3/h3H,2H2,1H3,(H,6,7). The second-order valence-electron chi connectivity index (χ2n) is 1.93. The van der Waals surface area contributed by atoms with Gasteiger partial charge in [0.15, 0.2) is 0 Å². The molecule has 1 fully saturated rings. The molecule has 3 heteroatoms. The highest BCUT2D eigenvalue weighted by molar-refractivity contribution is 7.80. The molecule has 0 aromatic rings. The van der Waals surface area contributed by atoms with Crippen LogP contribution in [0.3, 0.4) is 0 Å². The lowest BCUT2D eigenvalue weighted by Crippen LogP contribution is -2.24. The first-order chi connectivity index (χ1) is 3.70. The molecule has 44 valence electrons. The molecule has 0 aliphatic carbocycles. The average molecular weight is 129 g/mol. The minimum atomic E-state index is 0.0579. The monoisotopic (exact) mass is 129 g/mol. The summed E-state index contributed by atoms with van der Waals surface area (Å²) < 4.78 is 0. The van der Waals surface area contributed by atoms with Crippen LogP contribution in [-0.2, 0) is 4.79 Å². The molecule has 1 amide bonds. The van der Waals surface area contributed by atoms with Crippen LogP contribution in [0.5, 0.6) is 0 Å². The van der Waals surface area contributed by atoms with Crippen molar-refractivity contribution in [3.05, 3.63) is 0 Å². The first kappa shape index (κ1) is 5.69. The Balaban J connectivity index is 2.64. The van der Waals surface area contributed by atoms with E-state index in [0.717, 1.165) is 4.86 Å². The van der Waals surface area contributed by atoms with E-state index in [1.165, 1.54) is 0 Å². The summed E-state index contributed by atoms with van der Waals surface area (Å²) in [7, 11) is 0. The van der Waals surface area contributed by atoms with Gasteiger partial charge in [0, 0.05) is 4.86 Å². The molecule has 8 heavy (non-hydrogen) atoms. The van der Waals surface area contributed by atoms with Gasteiger partial charge in [0.05, 0.1) is 12.5 Å². The van der Waals surface area contributed by atoms with Gasteiger partial charge >= 0.3 is 0 Å². The lowest BCUT2D eigenvalue weighted by molar-refractivity contribution is -0.119. The van der Waals surface area contributed by atoms with Gasteiger partial charge in [0.1, 0.15) is 0 Å². The summed E-state index contributed by atoms with van der Waals surface area (Å²) in [5, 5.41) is 2.69. The SMILES string of the molecule is CC1NC(=O)CC1=S. The maximum absolute atomic E-state index is 10.5. The molecule has 0 aromatic heterocycles. The molecule has 0 aromatic carbocycles. The first-order valence-corrected chi connectivity index (χ1v) is 2.93. The van der Waals surface area contributed by atoms with Crippen LogP contribution in [0.2, 0.25) is 0 Å². The number of carbonyl (C=O) groups excluding carboxylic acids is 1. The summed E-state index contributed by atoms with van der Waals surface area (Å²) in [6.45, 7) is 1.90. The number of rotatable bonds is 0. The zero-order valence-corrected chi connectivity index (χ0v) is 5.42. The first-order valence-electron chi connectivity index (χ1n) is 2.52. The van der Waals surface area contributed by atoms with E-state index in [-0.39, 0.29) is 11.9 Å². The van der Waals surface area contributed by atoms with Gasteiger partial charge in [0.2, 0.25) is 5.91 Å². The van der Waals surface area contributed by atoms with Crippen molar-refractivity contribution in [3.63, 3.8) is 0 Å². The third-order valence-electron chi connectivity index (χ3n) is 1.20. The van der Waals surface area contributed by atoms with E-state index >= 15 is 0 Å². The molecule has 1 N–H and O–H groups in total. The average Bonchev–Trinajstić information content (AvgIpc) is 1.85. The Morgan fingerprint density at radius 2 is 2.50 bits per heavy atom. The number of thiocarbonyl (C=S) groups is 1. The fourth-order valence-corrected chi connectivity index (χ4v) is 0.874. The zero-order valence-electron chi connectivity index (χ0n) is 4.60. The summed E-state index contributed by atoms with van der Waals surface area (Å²) in [4.78, 5) is 11.3. The van der Waals surface area contributed by atoms with Crippen LogP contribution in [0, 0.1) is 0 Å². The topological polar surface area (TPSA) is 29.1 Å². The predicted molar refractivity (Wildman–Crippen MR) is 34.8 cm³/mol. The van der Waals surface area contributed by atoms with Crippen molar-refractivity contribution in [3.8, 4) is 0 Å². The van der Waals surface area contributed by atoms with Crippen molar-refractivity contribution in [1.82, 2.24) is 5.32 Å². The Labute approximate surface area is 53.3 Å². The van der Waals surface area contributed by atoms with Crippen LogP contribution in [-0.4, -0.2) is 16.8 Å². The second kappa shape index (κ2) is 1.82. The maximum atomic E-state index is 10.5. The molecule has 1 aliphatic rings. The summed E-state index contributed by atoms with van der Waals surface area (Å²) in [5.41, 5.74) is 0. The lowest BCUT2D eigenvalue weighted by Gasteiger charge is -1.97. The largest absolute Gasteiger partial charge is 0.349 e. The van der Waals surface area contributed by atoms with Gasteiger partial charge in [-0.1, -0.05) is 12.2 Å². The van der Waals surface area contributed by atoms with Gasteiger partial charge < -0.3 is 5.32 Å². The molecule has 1 aliphatic heterocycles. The third-order valence-corrected chi connectivity index (χ3v) is 1.69. The molecule has 1 heterocycles. The highest BCUT2D eigenvalue weighted by Crippen LogP contribution is 2.02. The molecule has 1 rings (SSSR count). The van der Waals surface area contributed by atoms with Crippen LogP contribution in [0.1, 0.15) is 13.3 Å².